The summed E-state index contributed by atoms with van der Waals surface area (Å²) in [6.07, 6.45) is -3.88. The molecule has 5 aliphatic rings. The lowest BCUT2D eigenvalue weighted by atomic mass is 9.79. The van der Waals surface area contributed by atoms with Gasteiger partial charge in [-0.05, 0) is 67.6 Å². The Morgan fingerprint density at radius 2 is 1.79 bits per heavy atom. The molecule has 0 aromatic carbocycles. The molecule has 232 valence electrons. The minimum absolute atomic E-state index is 0.00381. The van der Waals surface area contributed by atoms with Crippen LogP contribution in [-0.2, 0) is 19.1 Å². The van der Waals surface area contributed by atoms with Crippen LogP contribution in [-0.4, -0.2) is 70.7 Å². The number of nitrogens with one attached hydrogen (secondary N) is 3. The number of alkyl carbamates (subject to hydrolysis) is 1. The lowest BCUT2D eigenvalue weighted by molar-refractivity contribution is -0.284. The fraction of sp³-hybridized carbons (Fsp3) is 0.828. The molecule has 2 saturated heterocycles. The molecule has 0 bridgehead atoms. The lowest BCUT2D eigenvalue weighted by Gasteiger charge is -2.43. The summed E-state index contributed by atoms with van der Waals surface area (Å²) in [6, 6.07) is -1.06. The Bertz CT molecular complexity index is 1210. The first-order valence-corrected chi connectivity index (χ1v) is 14.7. The Labute approximate surface area is 243 Å². The van der Waals surface area contributed by atoms with E-state index in [1.165, 1.54) is 4.90 Å². The number of alkyl halides is 3. The minimum atomic E-state index is -4.73. The Kier molecular flexibility index (Phi) is 7.06. The minimum Gasteiger partial charge on any atom is -0.433 e. The summed E-state index contributed by atoms with van der Waals surface area (Å²) in [5.41, 5.74) is -3.89. The number of hydrogen-bond donors (Lipinski definition) is 3. The summed E-state index contributed by atoms with van der Waals surface area (Å²) in [7, 11) is 0. The van der Waals surface area contributed by atoms with E-state index in [1.807, 2.05) is 13.8 Å². The predicted molar refractivity (Wildman–Crippen MR) is 142 cm³/mol. The number of ether oxygens (including phenoxy) is 1. The van der Waals surface area contributed by atoms with Crippen LogP contribution in [0.5, 0.6) is 0 Å². The number of carbonyl (C=O) groups is 4. The number of carbonyl (C=O) groups excluding carboxylic acids is 4. The molecule has 0 aromatic heterocycles. The van der Waals surface area contributed by atoms with Crippen LogP contribution in [0, 0.1) is 39.9 Å². The highest BCUT2D eigenvalue weighted by Crippen LogP contribution is 2.65. The normalized spacial score (nSPS) is 31.1. The zero-order chi connectivity index (χ0) is 31.0. The number of halogens is 3. The molecular weight excluding hydrogens is 555 g/mol. The summed E-state index contributed by atoms with van der Waals surface area (Å²) in [4.78, 5) is 54.2. The maximum atomic E-state index is 14.0. The first-order valence-electron chi connectivity index (χ1n) is 14.7. The van der Waals surface area contributed by atoms with Crippen molar-refractivity contribution in [1.29, 1.82) is 5.26 Å². The molecule has 42 heavy (non-hydrogen) atoms. The fourth-order valence-electron chi connectivity index (χ4n) is 7.23. The van der Waals surface area contributed by atoms with Gasteiger partial charge in [0.05, 0.1) is 6.07 Å². The smallest absolute Gasteiger partial charge is 0.428 e. The van der Waals surface area contributed by atoms with E-state index in [-0.39, 0.29) is 66.8 Å². The summed E-state index contributed by atoms with van der Waals surface area (Å²) >= 11 is 0. The third-order valence-electron chi connectivity index (χ3n) is 10.3. The maximum Gasteiger partial charge on any atom is 0.428 e. The number of likely N-dealkylation sites (tertiary alicyclic amines) is 1. The Morgan fingerprint density at radius 3 is 2.26 bits per heavy atom. The van der Waals surface area contributed by atoms with Crippen LogP contribution in [0.4, 0.5) is 18.0 Å². The molecule has 0 unspecified atom stereocenters. The molecule has 3 N–H and O–H groups in total. The van der Waals surface area contributed by atoms with Gasteiger partial charge in [-0.1, -0.05) is 34.6 Å². The van der Waals surface area contributed by atoms with Gasteiger partial charge in [-0.15, -0.1) is 0 Å². The number of hydrogen-bond acceptors (Lipinski definition) is 6. The van der Waals surface area contributed by atoms with Crippen LogP contribution >= 0.6 is 0 Å². The van der Waals surface area contributed by atoms with Crippen molar-refractivity contribution in [2.45, 2.75) is 115 Å². The summed E-state index contributed by atoms with van der Waals surface area (Å²) < 4.78 is 45.7. The van der Waals surface area contributed by atoms with Crippen molar-refractivity contribution in [1.82, 2.24) is 20.9 Å². The highest BCUT2D eigenvalue weighted by atomic mass is 19.4. The topological polar surface area (TPSA) is 141 Å². The Balaban J connectivity index is 1.30. The standard InChI is InChI=1S/C29H40F3N5O5/c1-25(2,3)20(35-24(41)42-28(7-6-8-28)29(30,31)32)23(40)37-14-17-18(26(17,4)5)19(37)22(39)34-16(13-33)11-15-12-27(9-10-27)36-21(15)38/h15-20H,6-12,14H2,1-5H3,(H,34,39)(H,35,41)(H,36,38)/t15-,16+,17+,18+,19+,20-/m1/s1. The molecule has 0 aromatic rings. The highest BCUT2D eigenvalue weighted by molar-refractivity contribution is 5.93. The predicted octanol–water partition coefficient (Wildman–Crippen LogP) is 3.16. The van der Waals surface area contributed by atoms with E-state index in [0.717, 1.165) is 12.8 Å². The van der Waals surface area contributed by atoms with Crippen LogP contribution in [0.25, 0.3) is 0 Å². The van der Waals surface area contributed by atoms with Crippen LogP contribution in [0.1, 0.15) is 79.6 Å². The van der Waals surface area contributed by atoms with Gasteiger partial charge >= 0.3 is 12.3 Å². The van der Waals surface area contributed by atoms with Crippen molar-refractivity contribution in [2.75, 3.05) is 6.54 Å². The number of rotatable bonds is 7. The largest absolute Gasteiger partial charge is 0.433 e. The van der Waals surface area contributed by atoms with Crippen molar-refractivity contribution >= 4 is 23.8 Å². The van der Waals surface area contributed by atoms with E-state index in [0.29, 0.717) is 6.42 Å². The molecule has 6 atom stereocenters. The molecule has 5 fully saturated rings. The Morgan fingerprint density at radius 1 is 1.14 bits per heavy atom. The van der Waals surface area contributed by atoms with Crippen molar-refractivity contribution < 1.29 is 37.1 Å². The number of nitriles is 1. The second kappa shape index (κ2) is 9.74. The summed E-state index contributed by atoms with van der Waals surface area (Å²) in [5.74, 6) is -1.82. The average Bonchev–Trinajstić information content (AvgIpc) is 3.56. The molecule has 1 spiro atoms. The van der Waals surface area contributed by atoms with Gasteiger partial charge < -0.3 is 25.6 Å². The van der Waals surface area contributed by atoms with Gasteiger partial charge in [0.15, 0.2) is 0 Å². The van der Waals surface area contributed by atoms with Crippen molar-refractivity contribution in [3.8, 4) is 6.07 Å². The molecule has 3 saturated carbocycles. The van der Waals surface area contributed by atoms with Crippen LogP contribution in [0.2, 0.25) is 0 Å². The van der Waals surface area contributed by atoms with E-state index in [9.17, 15) is 37.6 Å². The zero-order valence-electron chi connectivity index (χ0n) is 24.7. The third-order valence-corrected chi connectivity index (χ3v) is 10.3. The van der Waals surface area contributed by atoms with E-state index in [2.05, 4.69) is 22.0 Å². The number of piperidine rings is 1. The molecule has 10 nitrogen and oxygen atoms in total. The van der Waals surface area contributed by atoms with Crippen molar-refractivity contribution in [3.05, 3.63) is 0 Å². The number of amides is 4. The van der Waals surface area contributed by atoms with Gasteiger partial charge in [-0.2, -0.15) is 18.4 Å². The first-order chi connectivity index (χ1) is 19.3. The second-order valence-electron chi connectivity index (χ2n) is 14.7. The monoisotopic (exact) mass is 595 g/mol. The first kappa shape index (κ1) is 30.4. The average molecular weight is 596 g/mol. The van der Waals surface area contributed by atoms with E-state index >= 15 is 0 Å². The fourth-order valence-corrected chi connectivity index (χ4v) is 7.23. The van der Waals surface area contributed by atoms with Gasteiger partial charge in [-0.25, -0.2) is 4.79 Å². The van der Waals surface area contributed by atoms with Gasteiger partial charge in [0.1, 0.15) is 18.1 Å². The van der Waals surface area contributed by atoms with Crippen LogP contribution < -0.4 is 16.0 Å². The molecule has 4 amide bonds. The molecule has 5 rings (SSSR count). The summed E-state index contributed by atoms with van der Waals surface area (Å²) in [6.45, 7) is 9.22. The molecule has 2 aliphatic heterocycles. The van der Waals surface area contributed by atoms with E-state index in [4.69, 9.17) is 4.74 Å². The molecule has 0 radical (unpaired) electrons. The quantitative estimate of drug-likeness (QED) is 0.413. The number of nitrogens with zero attached hydrogens (tertiary/aromatic N) is 2. The SMILES string of the molecule is CC(C)(C)[C@H](NC(=O)OC1(C(F)(F)F)CCC1)C(=O)N1C[C@H]2[C@@H]([C@H]1C(=O)N[C@H](C#N)C[C@@H]1CC3(CC3)NC1=O)C2(C)C. The molecule has 13 heteroatoms. The second-order valence-corrected chi connectivity index (χ2v) is 14.7. The third kappa shape index (κ3) is 5.19. The molecule has 3 aliphatic carbocycles. The maximum absolute atomic E-state index is 14.0. The van der Waals surface area contributed by atoms with Crippen LogP contribution in [0.15, 0.2) is 0 Å². The molecule has 2 heterocycles. The van der Waals surface area contributed by atoms with Gasteiger partial charge in [0.25, 0.3) is 0 Å². The van der Waals surface area contributed by atoms with E-state index in [1.54, 1.807) is 20.8 Å². The lowest BCUT2D eigenvalue weighted by Crippen LogP contribution is -2.61. The van der Waals surface area contributed by atoms with Gasteiger partial charge in [-0.3, -0.25) is 14.4 Å². The van der Waals surface area contributed by atoms with Gasteiger partial charge in [0.2, 0.25) is 23.3 Å². The zero-order valence-corrected chi connectivity index (χ0v) is 24.7. The van der Waals surface area contributed by atoms with Gasteiger partial charge in [0, 0.05) is 18.0 Å². The highest BCUT2D eigenvalue weighted by Gasteiger charge is 2.70. The summed E-state index contributed by atoms with van der Waals surface area (Å²) in [5, 5.41) is 17.9. The van der Waals surface area contributed by atoms with Crippen LogP contribution in [0.3, 0.4) is 0 Å². The van der Waals surface area contributed by atoms with E-state index < -0.39 is 53.2 Å². The molecular formula is C29H40F3N5O5. The Hall–Kier alpha value is -3.04. The van der Waals surface area contributed by atoms with Crippen molar-refractivity contribution in [3.63, 3.8) is 0 Å². The number of fused-ring (bicyclic) bond motifs is 1. The van der Waals surface area contributed by atoms with Crippen molar-refractivity contribution in [2.24, 2.45) is 28.6 Å².